The molecule has 2 fully saturated rings. The van der Waals surface area contributed by atoms with E-state index in [1.807, 2.05) is 0 Å². The normalized spacial score (nSPS) is 18.3. The first kappa shape index (κ1) is 17.6. The minimum Gasteiger partial charge on any atom is -0.459 e. The summed E-state index contributed by atoms with van der Waals surface area (Å²) in [5, 5.41) is 3.01. The highest BCUT2D eigenvalue weighted by molar-refractivity contribution is 5.91. The average Bonchev–Trinajstić information content (AvgIpc) is 3.29. The molecular formula is C20H22FN3O3. The Kier molecular flexibility index (Phi) is 4.59. The molecule has 1 aromatic carbocycles. The first-order chi connectivity index (χ1) is 13.1. The number of hydrogen-bond donors (Lipinski definition) is 1. The predicted molar refractivity (Wildman–Crippen MR) is 96.9 cm³/mol. The van der Waals surface area contributed by atoms with E-state index in [1.54, 1.807) is 34.1 Å². The van der Waals surface area contributed by atoms with Gasteiger partial charge >= 0.3 is 6.03 Å². The molecule has 0 radical (unpaired) electrons. The molecule has 4 rings (SSSR count). The van der Waals surface area contributed by atoms with Crippen molar-refractivity contribution in [3.8, 4) is 0 Å². The maximum absolute atomic E-state index is 13.1. The van der Waals surface area contributed by atoms with E-state index in [0.29, 0.717) is 38.5 Å². The summed E-state index contributed by atoms with van der Waals surface area (Å²) in [6, 6.07) is 9.74. The number of nitrogens with one attached hydrogen (secondary N) is 1. The van der Waals surface area contributed by atoms with Gasteiger partial charge in [0.2, 0.25) is 0 Å². The molecule has 7 heteroatoms. The lowest BCUT2D eigenvalue weighted by Gasteiger charge is -2.34. The summed E-state index contributed by atoms with van der Waals surface area (Å²) in [5.74, 6) is -0.0725. The summed E-state index contributed by atoms with van der Waals surface area (Å²) in [6.45, 7) is 2.48. The zero-order valence-electron chi connectivity index (χ0n) is 15.0. The number of nitrogens with zero attached hydrogens (tertiary/aromatic N) is 2. The van der Waals surface area contributed by atoms with E-state index in [1.165, 1.54) is 18.4 Å². The Labute approximate surface area is 156 Å². The third-order valence-electron chi connectivity index (χ3n) is 5.47. The smallest absolute Gasteiger partial charge is 0.317 e. The van der Waals surface area contributed by atoms with E-state index in [2.05, 4.69) is 5.32 Å². The molecule has 1 saturated heterocycles. The largest absolute Gasteiger partial charge is 0.459 e. The van der Waals surface area contributed by atoms with Crippen molar-refractivity contribution in [3.63, 3.8) is 0 Å². The first-order valence-corrected chi connectivity index (χ1v) is 9.19. The Bertz CT molecular complexity index is 808. The van der Waals surface area contributed by atoms with Gasteiger partial charge in [0.25, 0.3) is 5.91 Å². The van der Waals surface area contributed by atoms with Crippen LogP contribution in [0.5, 0.6) is 0 Å². The fraction of sp³-hybridized carbons (Fsp3) is 0.400. The van der Waals surface area contributed by atoms with Crippen molar-refractivity contribution in [1.82, 2.24) is 15.1 Å². The van der Waals surface area contributed by atoms with Gasteiger partial charge in [0.1, 0.15) is 5.82 Å². The molecule has 0 unspecified atom stereocenters. The van der Waals surface area contributed by atoms with Crippen LogP contribution in [0, 0.1) is 5.82 Å². The number of piperazine rings is 1. The van der Waals surface area contributed by atoms with Crippen LogP contribution in [0.25, 0.3) is 0 Å². The van der Waals surface area contributed by atoms with E-state index >= 15 is 0 Å². The number of hydrogen-bond acceptors (Lipinski definition) is 3. The van der Waals surface area contributed by atoms with Gasteiger partial charge in [-0.1, -0.05) is 12.1 Å². The maximum Gasteiger partial charge on any atom is 0.317 e. The van der Waals surface area contributed by atoms with Gasteiger partial charge in [0, 0.05) is 38.1 Å². The van der Waals surface area contributed by atoms with Crippen molar-refractivity contribution in [1.29, 1.82) is 0 Å². The third-order valence-corrected chi connectivity index (χ3v) is 5.47. The number of benzene rings is 1. The number of furan rings is 1. The van der Waals surface area contributed by atoms with E-state index in [4.69, 9.17) is 4.42 Å². The molecule has 1 aliphatic carbocycles. The summed E-state index contributed by atoms with van der Waals surface area (Å²) in [6.07, 6.45) is 3.46. The fourth-order valence-electron chi connectivity index (χ4n) is 3.55. The molecule has 0 atom stereocenters. The highest BCUT2D eigenvalue weighted by Gasteiger charge is 2.44. The lowest BCUT2D eigenvalue weighted by molar-refractivity contribution is 0.0634. The van der Waals surface area contributed by atoms with Gasteiger partial charge in [-0.3, -0.25) is 4.79 Å². The van der Waals surface area contributed by atoms with Gasteiger partial charge in [-0.2, -0.15) is 0 Å². The molecule has 2 aromatic rings. The Morgan fingerprint density at radius 1 is 1.04 bits per heavy atom. The van der Waals surface area contributed by atoms with Crippen molar-refractivity contribution in [2.75, 3.05) is 32.7 Å². The molecule has 1 aromatic heterocycles. The molecule has 0 bridgehead atoms. The second-order valence-corrected chi connectivity index (χ2v) is 7.20. The molecule has 6 nitrogen and oxygen atoms in total. The minimum atomic E-state index is -0.249. The van der Waals surface area contributed by atoms with Crippen molar-refractivity contribution in [2.45, 2.75) is 18.3 Å². The van der Waals surface area contributed by atoms with E-state index in [-0.39, 0.29) is 23.2 Å². The van der Waals surface area contributed by atoms with Crippen molar-refractivity contribution in [3.05, 3.63) is 59.8 Å². The van der Waals surface area contributed by atoms with Crippen molar-refractivity contribution >= 4 is 11.9 Å². The molecule has 2 heterocycles. The van der Waals surface area contributed by atoms with Crippen LogP contribution in [0.3, 0.4) is 0 Å². The molecule has 1 aliphatic heterocycles. The van der Waals surface area contributed by atoms with Crippen LogP contribution >= 0.6 is 0 Å². The highest BCUT2D eigenvalue weighted by Crippen LogP contribution is 2.47. The Morgan fingerprint density at radius 3 is 2.30 bits per heavy atom. The van der Waals surface area contributed by atoms with Crippen LogP contribution < -0.4 is 5.32 Å². The number of rotatable bonds is 4. The second-order valence-electron chi connectivity index (χ2n) is 7.20. The molecule has 3 amide bonds. The predicted octanol–water partition coefficient (Wildman–Crippen LogP) is 2.62. The van der Waals surface area contributed by atoms with Gasteiger partial charge in [-0.15, -0.1) is 0 Å². The molecule has 0 spiro atoms. The number of halogens is 1. The zero-order chi connectivity index (χ0) is 18.9. The topological polar surface area (TPSA) is 65.8 Å². The van der Waals surface area contributed by atoms with E-state index in [9.17, 15) is 14.0 Å². The number of carbonyl (C=O) groups excluding carboxylic acids is 2. The number of amides is 3. The van der Waals surface area contributed by atoms with Gasteiger partial charge in [0.15, 0.2) is 5.76 Å². The summed E-state index contributed by atoms with van der Waals surface area (Å²) in [5.41, 5.74) is 0.999. The highest BCUT2D eigenvalue weighted by atomic mass is 19.1. The zero-order valence-corrected chi connectivity index (χ0v) is 15.0. The van der Waals surface area contributed by atoms with Gasteiger partial charge in [-0.05, 0) is 42.7 Å². The maximum atomic E-state index is 13.1. The summed E-state index contributed by atoms with van der Waals surface area (Å²) < 4.78 is 18.3. The molecule has 1 N–H and O–H groups in total. The lowest BCUT2D eigenvalue weighted by Crippen LogP contribution is -2.53. The number of carbonyl (C=O) groups is 2. The van der Waals surface area contributed by atoms with E-state index < -0.39 is 0 Å². The monoisotopic (exact) mass is 371 g/mol. The first-order valence-electron chi connectivity index (χ1n) is 9.19. The van der Waals surface area contributed by atoms with Gasteiger partial charge in [-0.25, -0.2) is 9.18 Å². The summed E-state index contributed by atoms with van der Waals surface area (Å²) >= 11 is 0. The number of urea groups is 1. The molecular weight excluding hydrogens is 349 g/mol. The van der Waals surface area contributed by atoms with Crippen LogP contribution in [0.1, 0.15) is 29.0 Å². The molecule has 1 saturated carbocycles. The lowest BCUT2D eigenvalue weighted by atomic mass is 9.96. The minimum absolute atomic E-state index is 0.0690. The molecule has 142 valence electrons. The SMILES string of the molecule is O=C(NCC1(c2ccc(F)cc2)CC1)N1CCN(C(=O)c2ccco2)CC1. The molecule has 2 aliphatic rings. The van der Waals surface area contributed by atoms with Crippen LogP contribution in [-0.4, -0.2) is 54.5 Å². The summed E-state index contributed by atoms with van der Waals surface area (Å²) in [7, 11) is 0. The van der Waals surface area contributed by atoms with Crippen LogP contribution in [-0.2, 0) is 5.41 Å². The van der Waals surface area contributed by atoms with Crippen LogP contribution in [0.2, 0.25) is 0 Å². The fourth-order valence-corrected chi connectivity index (χ4v) is 3.55. The van der Waals surface area contributed by atoms with Crippen LogP contribution in [0.15, 0.2) is 47.1 Å². The Balaban J connectivity index is 1.27. The van der Waals surface area contributed by atoms with Crippen LogP contribution in [0.4, 0.5) is 9.18 Å². The molecule has 27 heavy (non-hydrogen) atoms. The second kappa shape index (κ2) is 7.06. The Hall–Kier alpha value is -2.83. The Morgan fingerprint density at radius 2 is 1.70 bits per heavy atom. The van der Waals surface area contributed by atoms with Gasteiger partial charge < -0.3 is 19.5 Å². The van der Waals surface area contributed by atoms with Crippen molar-refractivity contribution in [2.24, 2.45) is 0 Å². The third kappa shape index (κ3) is 3.67. The quantitative estimate of drug-likeness (QED) is 0.899. The van der Waals surface area contributed by atoms with E-state index in [0.717, 1.165) is 18.4 Å². The standard InChI is InChI=1S/C20H22FN3O3/c21-16-5-3-15(4-6-16)20(7-8-20)14-22-19(26)24-11-9-23(10-12-24)18(25)17-2-1-13-27-17/h1-6,13H,7-12,14H2,(H,22,26). The average molecular weight is 371 g/mol. The van der Waals surface area contributed by atoms with Crippen molar-refractivity contribution < 1.29 is 18.4 Å². The summed E-state index contributed by atoms with van der Waals surface area (Å²) in [4.78, 5) is 28.2. The van der Waals surface area contributed by atoms with Gasteiger partial charge in [0.05, 0.1) is 6.26 Å².